The summed E-state index contributed by atoms with van der Waals surface area (Å²) >= 11 is 17.8. The van der Waals surface area contributed by atoms with Crippen molar-refractivity contribution in [2.45, 2.75) is 19.8 Å². The summed E-state index contributed by atoms with van der Waals surface area (Å²) in [5, 5.41) is 2.91. The maximum Gasteiger partial charge on any atom is 0.341 e. The average Bonchev–Trinajstić information content (AvgIpc) is 2.57. The van der Waals surface area contributed by atoms with Gasteiger partial charge in [-0.3, -0.25) is 4.79 Å². The predicted octanol–water partition coefficient (Wildman–Crippen LogP) is 5.57. The third-order valence-electron chi connectivity index (χ3n) is 3.44. The molecule has 25 heavy (non-hydrogen) atoms. The van der Waals surface area contributed by atoms with Crippen LogP contribution in [0.4, 0.5) is 5.69 Å². The Hall–Kier alpha value is -1.75. The van der Waals surface area contributed by atoms with Gasteiger partial charge in [0, 0.05) is 5.69 Å². The van der Waals surface area contributed by atoms with Crippen LogP contribution in [0.3, 0.4) is 0 Å². The lowest BCUT2D eigenvalue weighted by molar-refractivity contribution is -0.119. The summed E-state index contributed by atoms with van der Waals surface area (Å²) in [7, 11) is 0. The minimum Gasteiger partial charge on any atom is -0.452 e. The number of carbonyl (C=O) groups excluding carboxylic acids is 2. The Kier molecular flexibility index (Phi) is 6.71. The molecule has 2 aromatic carbocycles. The molecule has 0 aliphatic rings. The van der Waals surface area contributed by atoms with Crippen LogP contribution >= 0.6 is 34.8 Å². The van der Waals surface area contributed by atoms with Gasteiger partial charge in [0.25, 0.3) is 5.91 Å². The lowest BCUT2D eigenvalue weighted by Crippen LogP contribution is -2.21. The minimum absolute atomic E-state index is 0.0103. The van der Waals surface area contributed by atoms with E-state index in [4.69, 9.17) is 39.5 Å². The van der Waals surface area contributed by atoms with Crippen LogP contribution in [0.2, 0.25) is 15.1 Å². The van der Waals surface area contributed by atoms with Crippen LogP contribution in [-0.2, 0) is 9.53 Å². The first-order valence-corrected chi connectivity index (χ1v) is 8.63. The van der Waals surface area contributed by atoms with Gasteiger partial charge >= 0.3 is 5.97 Å². The van der Waals surface area contributed by atoms with Crippen LogP contribution < -0.4 is 5.32 Å². The number of hydrogen-bond donors (Lipinski definition) is 1. The first-order chi connectivity index (χ1) is 11.8. The van der Waals surface area contributed by atoms with Crippen molar-refractivity contribution < 1.29 is 14.3 Å². The van der Waals surface area contributed by atoms with E-state index in [1.807, 2.05) is 12.1 Å². The molecule has 1 amide bonds. The van der Waals surface area contributed by atoms with E-state index in [1.54, 1.807) is 12.1 Å². The SMILES string of the molecule is CC(C)c1ccc(NC(=O)COC(=O)c2c(Cl)ccc(Cl)c2Cl)cc1. The fourth-order valence-electron chi connectivity index (χ4n) is 2.07. The molecule has 0 atom stereocenters. The number of ether oxygens (including phenoxy) is 1. The topological polar surface area (TPSA) is 55.4 Å². The summed E-state index contributed by atoms with van der Waals surface area (Å²) < 4.78 is 4.96. The molecule has 0 heterocycles. The molecular formula is C18H16Cl3NO3. The van der Waals surface area contributed by atoms with Crippen LogP contribution in [-0.4, -0.2) is 18.5 Å². The molecule has 1 N–H and O–H groups in total. The minimum atomic E-state index is -0.817. The van der Waals surface area contributed by atoms with Crippen molar-refractivity contribution in [1.82, 2.24) is 0 Å². The van der Waals surface area contributed by atoms with Gasteiger partial charge < -0.3 is 10.1 Å². The van der Waals surface area contributed by atoms with Crippen molar-refractivity contribution in [3.8, 4) is 0 Å². The van der Waals surface area contributed by atoms with Crippen LogP contribution in [0.15, 0.2) is 36.4 Å². The molecule has 0 aliphatic heterocycles. The van der Waals surface area contributed by atoms with Gasteiger partial charge in [-0.15, -0.1) is 0 Å². The van der Waals surface area contributed by atoms with Gasteiger partial charge in [0.2, 0.25) is 0 Å². The second-order valence-corrected chi connectivity index (χ2v) is 6.81. The van der Waals surface area contributed by atoms with Crippen LogP contribution in [0, 0.1) is 0 Å². The molecule has 2 aromatic rings. The van der Waals surface area contributed by atoms with Crippen molar-refractivity contribution in [1.29, 1.82) is 0 Å². The largest absolute Gasteiger partial charge is 0.452 e. The normalized spacial score (nSPS) is 10.6. The maximum absolute atomic E-state index is 12.1. The van der Waals surface area contributed by atoms with E-state index in [1.165, 1.54) is 12.1 Å². The van der Waals surface area contributed by atoms with E-state index in [9.17, 15) is 9.59 Å². The summed E-state index contributed by atoms with van der Waals surface area (Å²) in [6.07, 6.45) is 0. The highest BCUT2D eigenvalue weighted by Gasteiger charge is 2.19. The predicted molar refractivity (Wildman–Crippen MR) is 101 cm³/mol. The Morgan fingerprint density at radius 3 is 2.20 bits per heavy atom. The number of carbonyl (C=O) groups is 2. The molecule has 0 unspecified atom stereocenters. The van der Waals surface area contributed by atoms with Crippen molar-refractivity contribution in [2.24, 2.45) is 0 Å². The highest BCUT2D eigenvalue weighted by molar-refractivity contribution is 6.46. The number of benzene rings is 2. The Bertz CT molecular complexity index is 789. The molecule has 0 fully saturated rings. The Balaban J connectivity index is 1.96. The lowest BCUT2D eigenvalue weighted by Gasteiger charge is -2.10. The zero-order valence-electron chi connectivity index (χ0n) is 13.6. The fourth-order valence-corrected chi connectivity index (χ4v) is 2.75. The first-order valence-electron chi connectivity index (χ1n) is 7.50. The molecule has 4 nitrogen and oxygen atoms in total. The molecule has 0 bridgehead atoms. The molecular weight excluding hydrogens is 385 g/mol. The van der Waals surface area contributed by atoms with Gasteiger partial charge in [0.15, 0.2) is 6.61 Å². The van der Waals surface area contributed by atoms with Crippen LogP contribution in [0.1, 0.15) is 35.7 Å². The van der Waals surface area contributed by atoms with E-state index in [-0.39, 0.29) is 20.6 Å². The van der Waals surface area contributed by atoms with E-state index < -0.39 is 18.5 Å². The first kappa shape index (κ1) is 19.6. The molecule has 0 saturated carbocycles. The number of rotatable bonds is 5. The third kappa shape index (κ3) is 5.11. The summed E-state index contributed by atoms with van der Waals surface area (Å²) in [5.41, 5.74) is 1.71. The number of halogens is 3. The second kappa shape index (κ2) is 8.56. The highest BCUT2D eigenvalue weighted by atomic mass is 35.5. The van der Waals surface area contributed by atoms with Gasteiger partial charge in [0.05, 0.1) is 20.6 Å². The molecule has 7 heteroatoms. The van der Waals surface area contributed by atoms with Gasteiger partial charge in [-0.2, -0.15) is 0 Å². The molecule has 132 valence electrons. The van der Waals surface area contributed by atoms with Crippen LogP contribution in [0.5, 0.6) is 0 Å². The summed E-state index contributed by atoms with van der Waals surface area (Å²) in [5.74, 6) is -0.888. The standard InChI is InChI=1S/C18H16Cl3NO3/c1-10(2)11-3-5-12(6-4-11)22-15(23)9-25-18(24)16-13(19)7-8-14(20)17(16)21/h3-8,10H,9H2,1-2H3,(H,22,23). The number of amides is 1. The molecule has 0 radical (unpaired) electrons. The average molecular weight is 401 g/mol. The molecule has 0 spiro atoms. The Morgan fingerprint density at radius 2 is 1.60 bits per heavy atom. The van der Waals surface area contributed by atoms with Crippen molar-refractivity contribution in [2.75, 3.05) is 11.9 Å². The number of nitrogens with one attached hydrogen (secondary N) is 1. The molecule has 0 aliphatic carbocycles. The van der Waals surface area contributed by atoms with E-state index >= 15 is 0 Å². The Labute approximate surface area is 161 Å². The van der Waals surface area contributed by atoms with Gasteiger partial charge in [-0.25, -0.2) is 4.79 Å². The summed E-state index contributed by atoms with van der Waals surface area (Å²) in [6, 6.07) is 10.3. The summed E-state index contributed by atoms with van der Waals surface area (Å²) in [6.45, 7) is 3.70. The lowest BCUT2D eigenvalue weighted by atomic mass is 10.0. The van der Waals surface area contributed by atoms with E-state index in [0.717, 1.165) is 5.56 Å². The fraction of sp³-hybridized carbons (Fsp3) is 0.222. The van der Waals surface area contributed by atoms with Gasteiger partial charge in [0.1, 0.15) is 0 Å². The number of esters is 1. The quantitative estimate of drug-likeness (QED) is 0.527. The zero-order chi connectivity index (χ0) is 18.6. The van der Waals surface area contributed by atoms with Gasteiger partial charge in [-0.1, -0.05) is 60.8 Å². The summed E-state index contributed by atoms with van der Waals surface area (Å²) in [4.78, 5) is 24.0. The van der Waals surface area contributed by atoms with Crippen molar-refractivity contribution in [3.63, 3.8) is 0 Å². The van der Waals surface area contributed by atoms with E-state index in [0.29, 0.717) is 11.6 Å². The smallest absolute Gasteiger partial charge is 0.341 e. The Morgan fingerprint density at radius 1 is 1.00 bits per heavy atom. The second-order valence-electron chi connectivity index (χ2n) is 5.62. The van der Waals surface area contributed by atoms with Crippen molar-refractivity contribution in [3.05, 3.63) is 62.6 Å². The van der Waals surface area contributed by atoms with Crippen molar-refractivity contribution >= 4 is 52.4 Å². The molecule has 0 saturated heterocycles. The third-order valence-corrected chi connectivity index (χ3v) is 4.56. The monoisotopic (exact) mass is 399 g/mol. The molecule has 2 rings (SSSR count). The number of hydrogen-bond acceptors (Lipinski definition) is 3. The maximum atomic E-state index is 12.1. The van der Waals surface area contributed by atoms with Gasteiger partial charge in [-0.05, 0) is 35.7 Å². The van der Waals surface area contributed by atoms with E-state index in [2.05, 4.69) is 19.2 Å². The zero-order valence-corrected chi connectivity index (χ0v) is 15.9. The molecule has 0 aromatic heterocycles. The highest BCUT2D eigenvalue weighted by Crippen LogP contribution is 2.31. The van der Waals surface area contributed by atoms with Crippen LogP contribution in [0.25, 0.3) is 0 Å². The number of anilines is 1.